The number of nitriles is 1. The summed E-state index contributed by atoms with van der Waals surface area (Å²) in [5, 5.41) is 8.75. The van der Waals surface area contributed by atoms with Crippen molar-refractivity contribution in [2.45, 2.75) is 4.90 Å². The highest BCUT2D eigenvalue weighted by molar-refractivity contribution is 7.92. The Bertz CT molecular complexity index is 688. The topological polar surface area (TPSA) is 70.0 Å². The smallest absolute Gasteiger partial charge is 0.261 e. The molecular formula is C13H9N2O2S. The van der Waals surface area contributed by atoms with Crippen molar-refractivity contribution in [3.05, 3.63) is 60.2 Å². The summed E-state index contributed by atoms with van der Waals surface area (Å²) < 4.78 is 26.5. The highest BCUT2D eigenvalue weighted by atomic mass is 32.2. The maximum atomic E-state index is 12.0. The molecule has 0 saturated heterocycles. The van der Waals surface area contributed by atoms with E-state index in [9.17, 15) is 8.42 Å². The standard InChI is InChI=1S/C13H9N2O2S/c14-10-11-5-4-8-13(9-11)18(16,17)15-12-6-2-1-3-7-12/h2-9,15H. The van der Waals surface area contributed by atoms with Gasteiger partial charge in [0.2, 0.25) is 0 Å². The lowest BCUT2D eigenvalue weighted by molar-refractivity contribution is 0.601. The number of anilines is 1. The number of sulfonamides is 1. The van der Waals surface area contributed by atoms with E-state index in [1.54, 1.807) is 30.3 Å². The molecule has 4 nitrogen and oxygen atoms in total. The van der Waals surface area contributed by atoms with Crippen molar-refractivity contribution in [2.75, 3.05) is 4.72 Å². The lowest BCUT2D eigenvalue weighted by atomic mass is 10.2. The number of rotatable bonds is 3. The van der Waals surface area contributed by atoms with E-state index in [1.807, 2.05) is 6.07 Å². The average Bonchev–Trinajstić information content (AvgIpc) is 2.39. The maximum Gasteiger partial charge on any atom is 0.261 e. The molecule has 0 heterocycles. The van der Waals surface area contributed by atoms with Gasteiger partial charge in [0.15, 0.2) is 0 Å². The second kappa shape index (κ2) is 4.90. The van der Waals surface area contributed by atoms with Crippen molar-refractivity contribution in [1.82, 2.24) is 0 Å². The molecule has 0 unspecified atom stereocenters. The Labute approximate surface area is 106 Å². The van der Waals surface area contributed by atoms with Crippen molar-refractivity contribution < 1.29 is 8.42 Å². The van der Waals surface area contributed by atoms with Crippen molar-refractivity contribution in [3.8, 4) is 6.07 Å². The fourth-order valence-electron chi connectivity index (χ4n) is 1.40. The fourth-order valence-corrected chi connectivity index (χ4v) is 2.51. The lowest BCUT2D eigenvalue weighted by Gasteiger charge is -2.07. The predicted octanol–water partition coefficient (Wildman–Crippen LogP) is 2.16. The summed E-state index contributed by atoms with van der Waals surface area (Å²) in [5.41, 5.74) is 0.760. The first-order valence-electron chi connectivity index (χ1n) is 5.11. The van der Waals surface area contributed by atoms with Gasteiger partial charge in [0.1, 0.15) is 0 Å². The van der Waals surface area contributed by atoms with Crippen LogP contribution in [0.5, 0.6) is 0 Å². The van der Waals surface area contributed by atoms with Crippen LogP contribution < -0.4 is 4.72 Å². The Balaban J connectivity index is 2.34. The quantitative estimate of drug-likeness (QED) is 0.916. The molecule has 0 amide bonds. The minimum absolute atomic E-state index is 0.0642. The SMILES string of the molecule is N#Cc1cccc(S(=O)(=O)Nc2cc[c]cc2)c1. The third kappa shape index (κ3) is 2.67. The lowest BCUT2D eigenvalue weighted by Crippen LogP contribution is -2.12. The van der Waals surface area contributed by atoms with E-state index in [0.717, 1.165) is 0 Å². The molecule has 0 aliphatic carbocycles. The normalized spacial score (nSPS) is 10.6. The van der Waals surface area contributed by atoms with Crippen LogP contribution in [0.15, 0.2) is 53.4 Å². The van der Waals surface area contributed by atoms with E-state index in [0.29, 0.717) is 11.3 Å². The molecule has 0 atom stereocenters. The third-order valence-electron chi connectivity index (χ3n) is 2.24. The third-order valence-corrected chi connectivity index (χ3v) is 3.62. The molecule has 0 fully saturated rings. The molecule has 1 N–H and O–H groups in total. The van der Waals surface area contributed by atoms with Crippen LogP contribution in [-0.2, 0) is 10.0 Å². The number of hydrogen-bond acceptors (Lipinski definition) is 3. The number of hydrogen-bond donors (Lipinski definition) is 1. The van der Waals surface area contributed by atoms with Crippen LogP contribution in [0, 0.1) is 17.4 Å². The van der Waals surface area contributed by atoms with Gasteiger partial charge in [0, 0.05) is 5.69 Å². The summed E-state index contributed by atoms with van der Waals surface area (Å²) in [6.07, 6.45) is 0. The minimum atomic E-state index is -3.66. The van der Waals surface area contributed by atoms with Crippen molar-refractivity contribution in [2.24, 2.45) is 0 Å². The average molecular weight is 257 g/mol. The molecule has 2 aromatic rings. The van der Waals surface area contributed by atoms with E-state index >= 15 is 0 Å². The molecule has 1 radical (unpaired) electrons. The summed E-state index contributed by atoms with van der Waals surface area (Å²) in [6.45, 7) is 0. The Morgan fingerprint density at radius 2 is 1.89 bits per heavy atom. The van der Waals surface area contributed by atoms with Crippen molar-refractivity contribution >= 4 is 15.7 Å². The first-order valence-corrected chi connectivity index (χ1v) is 6.59. The number of nitrogens with one attached hydrogen (secondary N) is 1. The van der Waals surface area contributed by atoms with E-state index < -0.39 is 10.0 Å². The van der Waals surface area contributed by atoms with Gasteiger partial charge in [-0.05, 0) is 36.4 Å². The second-order valence-electron chi connectivity index (χ2n) is 3.53. The van der Waals surface area contributed by atoms with E-state index in [2.05, 4.69) is 10.8 Å². The van der Waals surface area contributed by atoms with Crippen LogP contribution in [0.4, 0.5) is 5.69 Å². The van der Waals surface area contributed by atoms with Gasteiger partial charge < -0.3 is 0 Å². The van der Waals surface area contributed by atoms with Crippen molar-refractivity contribution in [1.29, 1.82) is 5.26 Å². The molecule has 0 spiro atoms. The molecule has 18 heavy (non-hydrogen) atoms. The van der Waals surface area contributed by atoms with Gasteiger partial charge in [-0.3, -0.25) is 4.72 Å². The highest BCUT2D eigenvalue weighted by Crippen LogP contribution is 2.16. The molecule has 2 rings (SSSR count). The Morgan fingerprint density at radius 3 is 2.56 bits per heavy atom. The number of benzene rings is 2. The van der Waals surface area contributed by atoms with Crippen LogP contribution in [0.3, 0.4) is 0 Å². The van der Waals surface area contributed by atoms with Gasteiger partial charge in [-0.2, -0.15) is 5.26 Å². The van der Waals surface area contributed by atoms with Crippen LogP contribution in [0.2, 0.25) is 0 Å². The Morgan fingerprint density at radius 1 is 1.17 bits per heavy atom. The van der Waals surface area contributed by atoms with Gasteiger partial charge in [-0.25, -0.2) is 8.42 Å². The maximum absolute atomic E-state index is 12.0. The summed E-state index contributed by atoms with van der Waals surface area (Å²) in [7, 11) is -3.66. The molecule has 5 heteroatoms. The van der Waals surface area contributed by atoms with Crippen LogP contribution in [0.1, 0.15) is 5.56 Å². The first-order chi connectivity index (χ1) is 8.62. The van der Waals surface area contributed by atoms with Crippen molar-refractivity contribution in [3.63, 3.8) is 0 Å². The molecule has 89 valence electrons. The van der Waals surface area contributed by atoms with Gasteiger partial charge >= 0.3 is 0 Å². The van der Waals surface area contributed by atoms with Crippen LogP contribution >= 0.6 is 0 Å². The van der Waals surface area contributed by atoms with E-state index in [1.165, 1.54) is 18.2 Å². The first kappa shape index (κ1) is 12.1. The van der Waals surface area contributed by atoms with Gasteiger partial charge in [0.05, 0.1) is 16.5 Å². The zero-order chi connectivity index (χ0) is 13.0. The Kier molecular flexibility index (Phi) is 3.31. The molecule has 0 saturated carbocycles. The molecule has 0 aliphatic heterocycles. The molecule has 0 aromatic heterocycles. The largest absolute Gasteiger partial charge is 0.280 e. The molecule has 0 bridgehead atoms. The summed E-state index contributed by atoms with van der Waals surface area (Å²) >= 11 is 0. The molecular weight excluding hydrogens is 248 g/mol. The van der Waals surface area contributed by atoms with E-state index in [-0.39, 0.29) is 4.90 Å². The minimum Gasteiger partial charge on any atom is -0.280 e. The fraction of sp³-hybridized carbons (Fsp3) is 0. The second-order valence-corrected chi connectivity index (χ2v) is 5.22. The Hall–Kier alpha value is -2.32. The predicted molar refractivity (Wildman–Crippen MR) is 67.2 cm³/mol. The van der Waals surface area contributed by atoms with Gasteiger partial charge in [-0.15, -0.1) is 0 Å². The van der Waals surface area contributed by atoms with Crippen LogP contribution in [-0.4, -0.2) is 8.42 Å². The van der Waals surface area contributed by atoms with Gasteiger partial charge in [-0.1, -0.05) is 18.2 Å². The summed E-state index contributed by atoms with van der Waals surface area (Å²) in [5.74, 6) is 0. The molecule has 0 aliphatic rings. The number of nitrogens with zero attached hydrogens (tertiary/aromatic N) is 1. The summed E-state index contributed by atoms with van der Waals surface area (Å²) in [6, 6.07) is 17.0. The van der Waals surface area contributed by atoms with Crippen LogP contribution in [0.25, 0.3) is 0 Å². The summed E-state index contributed by atoms with van der Waals surface area (Å²) in [4.78, 5) is 0.0642. The van der Waals surface area contributed by atoms with Gasteiger partial charge in [0.25, 0.3) is 10.0 Å². The monoisotopic (exact) mass is 257 g/mol. The zero-order valence-corrected chi connectivity index (χ0v) is 10.1. The molecule has 2 aromatic carbocycles. The van der Waals surface area contributed by atoms with E-state index in [4.69, 9.17) is 5.26 Å². The highest BCUT2D eigenvalue weighted by Gasteiger charge is 2.14. The zero-order valence-electron chi connectivity index (χ0n) is 9.29.